The van der Waals surface area contributed by atoms with E-state index in [2.05, 4.69) is 48.6 Å². The number of rotatable bonds is 6. The summed E-state index contributed by atoms with van der Waals surface area (Å²) in [5, 5.41) is 17.9. The zero-order valence-corrected chi connectivity index (χ0v) is 21.3. The third kappa shape index (κ3) is 5.86. The van der Waals surface area contributed by atoms with Crippen LogP contribution in [-0.4, -0.2) is 54.3 Å². The van der Waals surface area contributed by atoms with Crippen LogP contribution in [0.1, 0.15) is 45.5 Å². The van der Waals surface area contributed by atoms with Gasteiger partial charge in [0.2, 0.25) is 5.96 Å². The Balaban J connectivity index is 1.46. The molecule has 0 saturated heterocycles. The van der Waals surface area contributed by atoms with Crippen molar-refractivity contribution in [2.45, 2.75) is 25.8 Å². The number of benzene rings is 3. The van der Waals surface area contributed by atoms with Gasteiger partial charge in [0.25, 0.3) is 0 Å². The van der Waals surface area contributed by atoms with Crippen LogP contribution in [0.4, 0.5) is 4.79 Å². The molecule has 1 atom stereocenters. The molecule has 2 N–H and O–H groups in total. The highest BCUT2D eigenvalue weighted by atomic mass is 16.5. The van der Waals surface area contributed by atoms with Crippen LogP contribution in [-0.2, 0) is 17.7 Å². The lowest BCUT2D eigenvalue weighted by atomic mass is 9.90. The fraction of sp³-hybridized carbons (Fsp3) is 0.241. The Morgan fingerprint density at radius 3 is 2.30 bits per heavy atom. The molecular formula is C29H31N5O3. The van der Waals surface area contributed by atoms with E-state index in [1.807, 2.05) is 18.2 Å². The van der Waals surface area contributed by atoms with Crippen LogP contribution in [0.25, 0.3) is 0 Å². The summed E-state index contributed by atoms with van der Waals surface area (Å²) in [6.07, 6.45) is 0.959. The van der Waals surface area contributed by atoms with E-state index in [0.717, 1.165) is 28.8 Å². The average Bonchev–Trinajstić information content (AvgIpc) is 3.41. The number of aryl methyl sites for hydroxylation is 1. The second-order valence-electron chi connectivity index (χ2n) is 8.81. The molecular weight excluding hydrogens is 466 g/mol. The average molecular weight is 498 g/mol. The Morgan fingerprint density at radius 2 is 1.68 bits per heavy atom. The first-order valence-electron chi connectivity index (χ1n) is 12.2. The Bertz CT molecular complexity index is 1290. The van der Waals surface area contributed by atoms with Gasteiger partial charge in [-0.25, -0.2) is 14.6 Å². The Hall–Kier alpha value is -4.46. The summed E-state index contributed by atoms with van der Waals surface area (Å²) in [5.74, 6) is -0.456. The number of esters is 1. The molecule has 1 aliphatic heterocycles. The molecule has 37 heavy (non-hydrogen) atoms. The molecule has 8 heteroatoms. The number of nitrogens with one attached hydrogen (secondary N) is 2. The van der Waals surface area contributed by atoms with Crippen LogP contribution >= 0.6 is 0 Å². The first kappa shape index (κ1) is 25.6. The van der Waals surface area contributed by atoms with E-state index < -0.39 is 12.0 Å². The summed E-state index contributed by atoms with van der Waals surface area (Å²) < 4.78 is 4.71. The minimum absolute atomic E-state index is 0.0142. The largest absolute Gasteiger partial charge is 0.465 e. The summed E-state index contributed by atoms with van der Waals surface area (Å²) in [5.41, 5.74) is 5.50. The SMILES string of the molecule is CCc1ccc(C2=NN(C(=N)N(C)C(=O)NCc3ccc(C(=O)OC)cc3)CC2c2ccccc2)cc1. The Kier molecular flexibility index (Phi) is 7.98. The highest BCUT2D eigenvalue weighted by molar-refractivity contribution is 6.08. The van der Waals surface area contributed by atoms with Crippen molar-refractivity contribution in [1.82, 2.24) is 15.2 Å². The molecule has 4 rings (SSSR count). The minimum atomic E-state index is -0.422. The molecule has 0 fully saturated rings. The summed E-state index contributed by atoms with van der Waals surface area (Å²) in [6.45, 7) is 2.83. The predicted octanol–water partition coefficient (Wildman–Crippen LogP) is 4.62. The number of carbonyl (C=O) groups is 2. The van der Waals surface area contributed by atoms with Crippen molar-refractivity contribution in [2.24, 2.45) is 5.10 Å². The third-order valence-electron chi connectivity index (χ3n) is 6.46. The fourth-order valence-electron chi connectivity index (χ4n) is 4.19. The molecule has 1 aliphatic rings. The number of ether oxygens (including phenoxy) is 1. The summed E-state index contributed by atoms with van der Waals surface area (Å²) in [6, 6.07) is 24.8. The monoisotopic (exact) mass is 497 g/mol. The van der Waals surface area contributed by atoms with E-state index in [9.17, 15) is 9.59 Å². The number of amides is 2. The van der Waals surface area contributed by atoms with Gasteiger partial charge in [-0.05, 0) is 40.8 Å². The Morgan fingerprint density at radius 1 is 1.03 bits per heavy atom. The van der Waals surface area contributed by atoms with Gasteiger partial charge in [0, 0.05) is 19.5 Å². The van der Waals surface area contributed by atoms with Crippen LogP contribution in [0.5, 0.6) is 0 Å². The van der Waals surface area contributed by atoms with Gasteiger partial charge in [-0.1, -0.05) is 73.7 Å². The molecule has 1 unspecified atom stereocenters. The number of nitrogens with zero attached hydrogens (tertiary/aromatic N) is 3. The van der Waals surface area contributed by atoms with Crippen molar-refractivity contribution < 1.29 is 14.3 Å². The molecule has 0 aliphatic carbocycles. The molecule has 0 spiro atoms. The number of carbonyl (C=O) groups excluding carboxylic acids is 2. The van der Waals surface area contributed by atoms with Gasteiger partial charge in [0.1, 0.15) is 0 Å². The molecule has 0 radical (unpaired) electrons. The lowest BCUT2D eigenvalue weighted by Gasteiger charge is -2.24. The summed E-state index contributed by atoms with van der Waals surface area (Å²) in [4.78, 5) is 25.7. The molecule has 8 nitrogen and oxygen atoms in total. The number of methoxy groups -OCH3 is 1. The van der Waals surface area contributed by atoms with E-state index in [1.165, 1.54) is 17.6 Å². The van der Waals surface area contributed by atoms with E-state index in [0.29, 0.717) is 12.1 Å². The number of hydrogen-bond donors (Lipinski definition) is 2. The van der Waals surface area contributed by atoms with E-state index in [4.69, 9.17) is 15.2 Å². The van der Waals surface area contributed by atoms with Crippen LogP contribution in [0.3, 0.4) is 0 Å². The van der Waals surface area contributed by atoms with Crippen LogP contribution < -0.4 is 5.32 Å². The van der Waals surface area contributed by atoms with Gasteiger partial charge < -0.3 is 10.1 Å². The normalized spacial score (nSPS) is 14.6. The first-order chi connectivity index (χ1) is 17.9. The number of hydrazone groups is 1. The van der Waals surface area contributed by atoms with Crippen molar-refractivity contribution in [3.8, 4) is 0 Å². The quantitative estimate of drug-likeness (QED) is 0.295. The van der Waals surface area contributed by atoms with Crippen LogP contribution in [0.15, 0.2) is 84.0 Å². The maximum Gasteiger partial charge on any atom is 0.337 e. The predicted molar refractivity (Wildman–Crippen MR) is 144 cm³/mol. The van der Waals surface area contributed by atoms with Gasteiger partial charge in [-0.15, -0.1) is 0 Å². The highest BCUT2D eigenvalue weighted by Gasteiger charge is 2.33. The first-order valence-corrected chi connectivity index (χ1v) is 12.2. The van der Waals surface area contributed by atoms with E-state index in [1.54, 1.807) is 36.3 Å². The summed E-state index contributed by atoms with van der Waals surface area (Å²) >= 11 is 0. The molecule has 1 heterocycles. The van der Waals surface area contributed by atoms with Gasteiger partial charge in [0.05, 0.1) is 24.9 Å². The third-order valence-corrected chi connectivity index (χ3v) is 6.46. The molecule has 0 bridgehead atoms. The molecule has 3 aromatic carbocycles. The zero-order valence-electron chi connectivity index (χ0n) is 21.3. The highest BCUT2D eigenvalue weighted by Crippen LogP contribution is 2.29. The van der Waals surface area contributed by atoms with Crippen molar-refractivity contribution in [3.63, 3.8) is 0 Å². The molecule has 0 saturated carbocycles. The van der Waals surface area contributed by atoms with Crippen LogP contribution in [0, 0.1) is 5.41 Å². The summed E-state index contributed by atoms with van der Waals surface area (Å²) in [7, 11) is 2.89. The lowest BCUT2D eigenvalue weighted by Crippen LogP contribution is -2.46. The molecule has 3 aromatic rings. The van der Waals surface area contributed by atoms with Crippen LogP contribution in [0.2, 0.25) is 0 Å². The van der Waals surface area contributed by atoms with Crippen molar-refractivity contribution in [2.75, 3.05) is 20.7 Å². The Labute approximate surface area is 217 Å². The number of urea groups is 1. The van der Waals surface area contributed by atoms with E-state index in [-0.39, 0.29) is 18.4 Å². The second kappa shape index (κ2) is 11.5. The van der Waals surface area contributed by atoms with Crippen molar-refractivity contribution in [1.29, 1.82) is 5.41 Å². The van der Waals surface area contributed by atoms with Gasteiger partial charge >= 0.3 is 12.0 Å². The molecule has 190 valence electrons. The second-order valence-corrected chi connectivity index (χ2v) is 8.81. The van der Waals surface area contributed by atoms with Gasteiger partial charge in [0.15, 0.2) is 0 Å². The van der Waals surface area contributed by atoms with E-state index >= 15 is 0 Å². The fourth-order valence-corrected chi connectivity index (χ4v) is 4.19. The maximum absolute atomic E-state index is 12.8. The molecule has 2 amide bonds. The van der Waals surface area contributed by atoms with Crippen molar-refractivity contribution in [3.05, 3.63) is 107 Å². The lowest BCUT2D eigenvalue weighted by molar-refractivity contribution is 0.0600. The van der Waals surface area contributed by atoms with Gasteiger partial charge in [-0.2, -0.15) is 5.10 Å². The van der Waals surface area contributed by atoms with Crippen molar-refractivity contribution >= 4 is 23.7 Å². The minimum Gasteiger partial charge on any atom is -0.465 e. The van der Waals surface area contributed by atoms with Gasteiger partial charge in [-0.3, -0.25) is 10.3 Å². The zero-order chi connectivity index (χ0) is 26.4. The maximum atomic E-state index is 12.8. The number of guanidine groups is 1. The smallest absolute Gasteiger partial charge is 0.337 e. The molecule has 0 aromatic heterocycles. The number of hydrogen-bond acceptors (Lipinski definition) is 5. The topological polar surface area (TPSA) is 98.1 Å². The standard InChI is InChI=1S/C29H31N5O3/c1-4-20-10-14-23(15-11-20)26-25(22-8-6-5-7-9-22)19-34(32-26)28(30)33(2)29(36)31-18-21-12-16-24(17-13-21)27(35)37-3/h5-17,25,30H,4,18-19H2,1-3H3,(H,31,36).